The molecule has 0 saturated carbocycles. The van der Waals surface area contributed by atoms with Crippen molar-refractivity contribution in [2.45, 2.75) is 32.1 Å². The number of carbonyl (C=O) groups is 2. The number of aryl methyl sites for hydroxylation is 1. The molecule has 0 radical (unpaired) electrons. The summed E-state index contributed by atoms with van der Waals surface area (Å²) in [4.78, 5) is 32.5. The van der Waals surface area contributed by atoms with Gasteiger partial charge in [0, 0.05) is 36.0 Å². The van der Waals surface area contributed by atoms with Gasteiger partial charge in [-0.15, -0.1) is 0 Å². The average molecular weight is 409 g/mol. The first-order chi connectivity index (χ1) is 14.6. The summed E-state index contributed by atoms with van der Waals surface area (Å²) in [5, 5.41) is 6.39. The summed E-state index contributed by atoms with van der Waals surface area (Å²) in [5.74, 6) is 0.386. The minimum Gasteiger partial charge on any atom is -0.451 e. The number of amides is 2. The van der Waals surface area contributed by atoms with E-state index in [1.165, 1.54) is 5.06 Å². The maximum Gasteiger partial charge on any atom is 0.315 e. The molecule has 4 heterocycles. The summed E-state index contributed by atoms with van der Waals surface area (Å²) in [6.07, 6.45) is 2.33. The molecule has 3 aromatic rings. The fourth-order valence-corrected chi connectivity index (χ4v) is 4.21. The van der Waals surface area contributed by atoms with Gasteiger partial charge in [0.25, 0.3) is 5.91 Å². The van der Waals surface area contributed by atoms with Gasteiger partial charge in [0.2, 0.25) is 5.76 Å². The van der Waals surface area contributed by atoms with Crippen LogP contribution in [0.4, 0.5) is 0 Å². The van der Waals surface area contributed by atoms with Gasteiger partial charge in [0.15, 0.2) is 5.76 Å². The number of hydrogen-bond donors (Lipinski definition) is 0. The third-order valence-electron chi connectivity index (χ3n) is 5.96. The number of fused-ring (bicyclic) bond motifs is 1. The lowest BCUT2D eigenvalue weighted by atomic mass is 9.93. The smallest absolute Gasteiger partial charge is 0.315 e. The number of carbonyl (C=O) groups excluding carboxylic acids is 2. The maximum atomic E-state index is 13.0. The quantitative estimate of drug-likeness (QED) is 0.658. The van der Waals surface area contributed by atoms with E-state index < -0.39 is 0 Å². The second kappa shape index (κ2) is 7.60. The van der Waals surface area contributed by atoms with Crippen LogP contribution in [0.25, 0.3) is 11.0 Å². The number of furan rings is 1. The van der Waals surface area contributed by atoms with Crippen LogP contribution in [0.2, 0.25) is 0 Å². The van der Waals surface area contributed by atoms with Crippen molar-refractivity contribution < 1.29 is 23.4 Å². The SMILES string of the molecule is Cc1c(C(=O)N2CCC(c3cc(C(=O)N4CCCO4)on3)CC2)oc2ccccc12. The number of benzene rings is 1. The zero-order valence-corrected chi connectivity index (χ0v) is 16.8. The highest BCUT2D eigenvalue weighted by Crippen LogP contribution is 2.31. The van der Waals surface area contributed by atoms with E-state index in [1.807, 2.05) is 36.1 Å². The fourth-order valence-electron chi connectivity index (χ4n) is 4.21. The van der Waals surface area contributed by atoms with E-state index in [1.54, 1.807) is 6.07 Å². The highest BCUT2D eigenvalue weighted by Gasteiger charge is 2.31. The van der Waals surface area contributed by atoms with Gasteiger partial charge < -0.3 is 13.8 Å². The number of hydrogen-bond acceptors (Lipinski definition) is 6. The third kappa shape index (κ3) is 3.27. The zero-order valence-electron chi connectivity index (χ0n) is 16.8. The minimum atomic E-state index is -0.292. The molecule has 30 heavy (non-hydrogen) atoms. The van der Waals surface area contributed by atoms with Crippen LogP contribution >= 0.6 is 0 Å². The van der Waals surface area contributed by atoms with E-state index in [4.69, 9.17) is 13.8 Å². The van der Waals surface area contributed by atoms with Gasteiger partial charge in [0.05, 0.1) is 18.8 Å². The second-order valence-electron chi connectivity index (χ2n) is 7.83. The van der Waals surface area contributed by atoms with Crippen molar-refractivity contribution in [2.24, 2.45) is 0 Å². The predicted octanol–water partition coefficient (Wildman–Crippen LogP) is 3.53. The molecule has 1 aromatic carbocycles. The van der Waals surface area contributed by atoms with Crippen LogP contribution in [-0.4, -0.2) is 53.2 Å². The van der Waals surface area contributed by atoms with E-state index in [9.17, 15) is 9.59 Å². The lowest BCUT2D eigenvalue weighted by Gasteiger charge is -2.30. The average Bonchev–Trinajstić information content (AvgIpc) is 3.54. The van der Waals surface area contributed by atoms with Crippen LogP contribution in [-0.2, 0) is 4.84 Å². The fraction of sp³-hybridized carbons (Fsp3) is 0.409. The Labute approximate surface area is 173 Å². The second-order valence-corrected chi connectivity index (χ2v) is 7.83. The van der Waals surface area contributed by atoms with Crippen molar-refractivity contribution in [2.75, 3.05) is 26.2 Å². The van der Waals surface area contributed by atoms with Crippen molar-refractivity contribution in [1.29, 1.82) is 0 Å². The van der Waals surface area contributed by atoms with Crippen molar-refractivity contribution in [3.05, 3.63) is 53.1 Å². The molecule has 0 spiro atoms. The van der Waals surface area contributed by atoms with E-state index >= 15 is 0 Å². The molecule has 8 heteroatoms. The Bertz CT molecular complexity index is 1090. The Hall–Kier alpha value is -3.13. The monoisotopic (exact) mass is 409 g/mol. The van der Waals surface area contributed by atoms with Crippen LogP contribution in [0, 0.1) is 6.92 Å². The first-order valence-electron chi connectivity index (χ1n) is 10.3. The van der Waals surface area contributed by atoms with Crippen molar-refractivity contribution in [3.63, 3.8) is 0 Å². The molecule has 156 valence electrons. The molecule has 0 atom stereocenters. The maximum absolute atomic E-state index is 13.0. The first-order valence-corrected chi connectivity index (χ1v) is 10.3. The number of para-hydroxylation sites is 1. The van der Waals surface area contributed by atoms with Gasteiger partial charge >= 0.3 is 5.91 Å². The van der Waals surface area contributed by atoms with Gasteiger partial charge in [-0.1, -0.05) is 23.4 Å². The van der Waals surface area contributed by atoms with Gasteiger partial charge in [-0.2, -0.15) is 0 Å². The summed E-state index contributed by atoms with van der Waals surface area (Å²) >= 11 is 0. The number of nitrogens with zero attached hydrogens (tertiary/aromatic N) is 3. The molecule has 0 N–H and O–H groups in total. The van der Waals surface area contributed by atoms with Crippen molar-refractivity contribution >= 4 is 22.8 Å². The number of piperidine rings is 1. The molecule has 5 rings (SSSR count). The van der Waals surface area contributed by atoms with Crippen LogP contribution in [0.5, 0.6) is 0 Å². The van der Waals surface area contributed by atoms with Crippen LogP contribution in [0.1, 0.15) is 57.5 Å². The minimum absolute atomic E-state index is 0.0793. The normalized spacial score (nSPS) is 17.8. The van der Waals surface area contributed by atoms with E-state index in [2.05, 4.69) is 5.16 Å². The number of rotatable bonds is 3. The number of aromatic nitrogens is 1. The summed E-state index contributed by atoms with van der Waals surface area (Å²) in [6.45, 7) is 4.24. The Kier molecular flexibility index (Phi) is 4.78. The molecule has 2 fully saturated rings. The molecule has 2 aliphatic heterocycles. The van der Waals surface area contributed by atoms with Crippen molar-refractivity contribution in [3.8, 4) is 0 Å². The van der Waals surface area contributed by atoms with Gasteiger partial charge in [-0.05, 0) is 32.3 Å². The highest BCUT2D eigenvalue weighted by atomic mass is 16.7. The Balaban J connectivity index is 1.24. The number of hydroxylamine groups is 2. The lowest BCUT2D eigenvalue weighted by molar-refractivity contribution is -0.0787. The van der Waals surface area contributed by atoms with E-state index in [0.29, 0.717) is 32.0 Å². The van der Waals surface area contributed by atoms with Crippen LogP contribution in [0.3, 0.4) is 0 Å². The first kappa shape index (κ1) is 18.9. The summed E-state index contributed by atoms with van der Waals surface area (Å²) < 4.78 is 11.1. The van der Waals surface area contributed by atoms with Gasteiger partial charge in [-0.3, -0.25) is 14.4 Å². The largest absolute Gasteiger partial charge is 0.451 e. The van der Waals surface area contributed by atoms with Crippen molar-refractivity contribution in [1.82, 2.24) is 15.1 Å². The Morgan fingerprint density at radius 3 is 2.63 bits per heavy atom. The molecule has 2 saturated heterocycles. The van der Waals surface area contributed by atoms with Gasteiger partial charge in [0.1, 0.15) is 5.58 Å². The van der Waals surface area contributed by atoms with E-state index in [-0.39, 0.29) is 23.5 Å². The number of likely N-dealkylation sites (tertiary alicyclic amines) is 1. The van der Waals surface area contributed by atoms with Gasteiger partial charge in [-0.25, -0.2) is 5.06 Å². The van der Waals surface area contributed by atoms with Crippen LogP contribution in [0.15, 0.2) is 39.3 Å². The Morgan fingerprint density at radius 1 is 1.10 bits per heavy atom. The van der Waals surface area contributed by atoms with Crippen LogP contribution < -0.4 is 0 Å². The predicted molar refractivity (Wildman–Crippen MR) is 107 cm³/mol. The molecule has 2 aromatic heterocycles. The highest BCUT2D eigenvalue weighted by molar-refractivity contribution is 5.99. The molecule has 0 aliphatic carbocycles. The standard InChI is InChI=1S/C22H23N3O5/c1-14-16-5-2-3-6-18(16)29-20(14)22(27)24-10-7-15(8-11-24)17-13-19(30-23-17)21(26)25-9-4-12-28-25/h2-3,5-6,13,15H,4,7-12H2,1H3. The molecule has 8 nitrogen and oxygen atoms in total. The lowest BCUT2D eigenvalue weighted by Crippen LogP contribution is -2.38. The molecule has 2 amide bonds. The molecule has 2 aliphatic rings. The zero-order chi connectivity index (χ0) is 20.7. The molecule has 0 bridgehead atoms. The Morgan fingerprint density at radius 2 is 1.90 bits per heavy atom. The summed E-state index contributed by atoms with van der Waals surface area (Å²) in [5.41, 5.74) is 2.36. The molecule has 0 unspecified atom stereocenters. The third-order valence-corrected chi connectivity index (χ3v) is 5.96. The summed E-state index contributed by atoms with van der Waals surface area (Å²) in [6, 6.07) is 9.39. The summed E-state index contributed by atoms with van der Waals surface area (Å²) in [7, 11) is 0. The topological polar surface area (TPSA) is 89.0 Å². The van der Waals surface area contributed by atoms with E-state index in [0.717, 1.165) is 41.5 Å². The molecular formula is C22H23N3O5. The molecular weight excluding hydrogens is 386 g/mol.